The summed E-state index contributed by atoms with van der Waals surface area (Å²) in [4.78, 5) is 0. The van der Waals surface area contributed by atoms with Crippen LogP contribution in [0.3, 0.4) is 0 Å². The first-order chi connectivity index (χ1) is 3.00. The molecular formula is C2H3Cl4F. The van der Waals surface area contributed by atoms with Crippen LogP contribution in [-0.4, -0.2) is 10.4 Å². The van der Waals surface area contributed by atoms with E-state index >= 15 is 0 Å². The number of hydrogen-bond acceptors (Lipinski definition) is 0. The van der Waals surface area contributed by atoms with Crippen molar-refractivity contribution in [3.05, 3.63) is 0 Å². The molecule has 0 amide bonds. The highest BCUT2D eigenvalue weighted by Crippen LogP contribution is 2.29. The monoisotopic (exact) mass is 186 g/mol. The van der Waals surface area contributed by atoms with E-state index in [2.05, 4.69) is 0 Å². The predicted molar refractivity (Wildman–Crippen MR) is 33.2 cm³/mol. The number of hydrogen-bond donors (Lipinski definition) is 0. The van der Waals surface area contributed by atoms with Gasteiger partial charge >= 0.3 is 0 Å². The molecule has 0 bridgehead atoms. The van der Waals surface area contributed by atoms with Crippen LogP contribution in [0.4, 0.5) is 4.39 Å². The zero-order chi connectivity index (χ0) is 6.50. The maximum atomic E-state index is 9.50. The molecule has 0 unspecified atom stereocenters. The summed E-state index contributed by atoms with van der Waals surface area (Å²) in [6, 6.07) is 0. The third-order valence-corrected chi connectivity index (χ3v) is 0. The van der Waals surface area contributed by atoms with E-state index in [9.17, 15) is 4.39 Å². The molecule has 0 atom stereocenters. The fraction of sp³-hybridized carbons (Fsp3) is 1.00. The van der Waals surface area contributed by atoms with Crippen molar-refractivity contribution in [3.63, 3.8) is 0 Å². The van der Waals surface area contributed by atoms with Crippen molar-refractivity contribution in [2.45, 2.75) is 3.25 Å². The Morgan fingerprint density at radius 3 is 1.00 bits per heavy atom. The van der Waals surface area contributed by atoms with Crippen LogP contribution in [-0.2, 0) is 0 Å². The van der Waals surface area contributed by atoms with Gasteiger partial charge in [-0.1, -0.05) is 46.4 Å². The van der Waals surface area contributed by atoms with Gasteiger partial charge in [0.05, 0.1) is 7.18 Å². The molecule has 0 aliphatic carbocycles. The zero-order valence-corrected chi connectivity index (χ0v) is 6.41. The lowest BCUT2D eigenvalue weighted by atomic mass is 11.8. The molecule has 0 aliphatic heterocycles. The molecule has 0 fully saturated rings. The molecule has 0 saturated heterocycles. The Hall–Kier alpha value is 1.09. The minimum Gasteiger partial charge on any atom is -0.255 e. The third kappa shape index (κ3) is 155. The highest BCUT2D eigenvalue weighted by molar-refractivity contribution is 6.83. The maximum Gasteiger partial charge on any atom is 0.266 e. The van der Waals surface area contributed by atoms with Gasteiger partial charge in [0.1, 0.15) is 0 Å². The molecule has 0 N–H and O–H groups in total. The second-order valence-corrected chi connectivity index (χ2v) is 3.86. The molecule has 0 aromatic carbocycles. The summed E-state index contributed by atoms with van der Waals surface area (Å²) in [5.41, 5.74) is 0. The normalized spacial score (nSPS) is 9.43. The van der Waals surface area contributed by atoms with Crippen molar-refractivity contribution in [1.29, 1.82) is 0 Å². The van der Waals surface area contributed by atoms with E-state index in [0.29, 0.717) is 7.18 Å². The van der Waals surface area contributed by atoms with E-state index in [4.69, 9.17) is 46.4 Å². The summed E-state index contributed by atoms with van der Waals surface area (Å²) in [5.74, 6) is 0. The summed E-state index contributed by atoms with van der Waals surface area (Å²) in [6.45, 7) is 0. The lowest BCUT2D eigenvalue weighted by Crippen LogP contribution is -1.81. The maximum absolute atomic E-state index is 9.50. The Kier molecular flexibility index (Phi) is 8.19. The van der Waals surface area contributed by atoms with Gasteiger partial charge in [0.25, 0.3) is 3.25 Å². The Labute approximate surface area is 61.5 Å². The van der Waals surface area contributed by atoms with Crippen molar-refractivity contribution in [2.75, 3.05) is 7.18 Å². The summed E-state index contributed by atoms with van der Waals surface area (Å²) in [7, 11) is 0.500. The molecule has 46 valence electrons. The Morgan fingerprint density at radius 2 is 1.00 bits per heavy atom. The minimum absolute atomic E-state index is 0.500. The summed E-state index contributed by atoms with van der Waals surface area (Å²) in [5, 5.41) is 0. The predicted octanol–water partition coefficient (Wildman–Crippen LogP) is 3.14. The van der Waals surface area contributed by atoms with Gasteiger partial charge < -0.3 is 0 Å². The second kappa shape index (κ2) is 5.23. The fourth-order valence-corrected chi connectivity index (χ4v) is 0. The molecule has 0 radical (unpaired) electrons. The number of rotatable bonds is 0. The van der Waals surface area contributed by atoms with Crippen LogP contribution < -0.4 is 0 Å². The number of halogens is 5. The Bertz CT molecular complexity index is 25.2. The molecular weight excluding hydrogens is 185 g/mol. The number of alkyl halides is 5. The van der Waals surface area contributed by atoms with Crippen LogP contribution in [0.2, 0.25) is 0 Å². The average Bonchev–Trinajstić information content (AvgIpc) is 1.36. The Morgan fingerprint density at radius 1 is 1.00 bits per heavy atom. The molecule has 0 aromatic heterocycles. The van der Waals surface area contributed by atoms with Crippen LogP contribution >= 0.6 is 46.4 Å². The molecule has 0 spiro atoms. The second-order valence-electron chi connectivity index (χ2n) is 0.429. The lowest BCUT2D eigenvalue weighted by Gasteiger charge is -1.91. The van der Waals surface area contributed by atoms with Gasteiger partial charge in [0, 0.05) is 0 Å². The van der Waals surface area contributed by atoms with E-state index < -0.39 is 3.25 Å². The first-order valence-corrected chi connectivity index (χ1v) is 2.65. The van der Waals surface area contributed by atoms with Crippen LogP contribution in [0.1, 0.15) is 0 Å². The molecule has 0 aromatic rings. The first kappa shape index (κ1) is 11.0. The fourth-order valence-electron chi connectivity index (χ4n) is 0. The Balaban J connectivity index is 0. The molecule has 0 saturated carbocycles. The first-order valence-electron chi connectivity index (χ1n) is 1.13. The van der Waals surface area contributed by atoms with Gasteiger partial charge in [-0.3, -0.25) is 4.39 Å². The van der Waals surface area contributed by atoms with Crippen molar-refractivity contribution in [2.24, 2.45) is 0 Å². The molecule has 5 heteroatoms. The van der Waals surface area contributed by atoms with E-state index in [-0.39, 0.29) is 0 Å². The van der Waals surface area contributed by atoms with Crippen LogP contribution in [0.25, 0.3) is 0 Å². The summed E-state index contributed by atoms with van der Waals surface area (Å²) in [6.07, 6.45) is 0. The van der Waals surface area contributed by atoms with Crippen LogP contribution in [0.15, 0.2) is 0 Å². The van der Waals surface area contributed by atoms with E-state index in [0.717, 1.165) is 0 Å². The quantitative estimate of drug-likeness (QED) is 0.512. The lowest BCUT2D eigenvalue weighted by molar-refractivity contribution is 0.636. The van der Waals surface area contributed by atoms with Crippen LogP contribution in [0, 0.1) is 0 Å². The van der Waals surface area contributed by atoms with Gasteiger partial charge in [0.2, 0.25) is 0 Å². The van der Waals surface area contributed by atoms with E-state index in [1.165, 1.54) is 0 Å². The van der Waals surface area contributed by atoms with Crippen molar-refractivity contribution >= 4 is 46.4 Å². The van der Waals surface area contributed by atoms with Gasteiger partial charge in [-0.25, -0.2) is 0 Å². The molecule has 7 heavy (non-hydrogen) atoms. The highest BCUT2D eigenvalue weighted by atomic mass is 35.6. The molecule has 0 aliphatic rings. The highest BCUT2D eigenvalue weighted by Gasteiger charge is 2.11. The van der Waals surface area contributed by atoms with Gasteiger partial charge in [-0.05, 0) is 0 Å². The largest absolute Gasteiger partial charge is 0.266 e. The van der Waals surface area contributed by atoms with Gasteiger partial charge in [-0.15, -0.1) is 0 Å². The standard InChI is InChI=1S/CCl4.CH3F/c2-1(3,4)5;1-2/h;1H3. The van der Waals surface area contributed by atoms with Crippen molar-refractivity contribution in [1.82, 2.24) is 0 Å². The van der Waals surface area contributed by atoms with Crippen LogP contribution in [0.5, 0.6) is 0 Å². The molecule has 0 heterocycles. The van der Waals surface area contributed by atoms with Gasteiger partial charge in [0.15, 0.2) is 0 Å². The summed E-state index contributed by atoms with van der Waals surface area (Å²) < 4.78 is 7.89. The summed E-state index contributed by atoms with van der Waals surface area (Å²) >= 11 is 19.3. The zero-order valence-electron chi connectivity index (χ0n) is 3.39. The van der Waals surface area contributed by atoms with Crippen molar-refractivity contribution in [3.8, 4) is 0 Å². The van der Waals surface area contributed by atoms with Crippen molar-refractivity contribution < 1.29 is 4.39 Å². The van der Waals surface area contributed by atoms with E-state index in [1.54, 1.807) is 0 Å². The SMILES string of the molecule is CF.ClC(Cl)(Cl)Cl. The average molecular weight is 188 g/mol. The third-order valence-electron chi connectivity index (χ3n) is 0. The smallest absolute Gasteiger partial charge is 0.255 e. The molecule has 0 rings (SSSR count). The minimum atomic E-state index is -1.61. The topological polar surface area (TPSA) is 0 Å². The molecule has 0 nitrogen and oxygen atoms in total. The van der Waals surface area contributed by atoms with E-state index in [1.807, 2.05) is 0 Å². The van der Waals surface area contributed by atoms with Gasteiger partial charge in [-0.2, -0.15) is 0 Å².